The molecule has 9 nitrogen and oxygen atoms in total. The van der Waals surface area contributed by atoms with Crippen LogP contribution in [0.3, 0.4) is 0 Å². The number of carboxylic acids is 1. The van der Waals surface area contributed by atoms with Crippen LogP contribution in [0.2, 0.25) is 5.02 Å². The Kier molecular flexibility index (Phi) is 10.5. The fourth-order valence-electron chi connectivity index (χ4n) is 3.70. The van der Waals surface area contributed by atoms with E-state index in [0.29, 0.717) is 23.7 Å². The molecule has 3 rings (SSSR count). The monoisotopic (exact) mass is 539 g/mol. The van der Waals surface area contributed by atoms with Gasteiger partial charge in [-0.05, 0) is 48.5 Å². The van der Waals surface area contributed by atoms with Crippen molar-refractivity contribution in [1.82, 2.24) is 16.0 Å². The lowest BCUT2D eigenvalue weighted by atomic mass is 10.0. The molecule has 10 heteroatoms. The molecule has 0 radical (unpaired) electrons. The first-order chi connectivity index (χ1) is 18.3. The number of aromatic hydroxyl groups is 1. The van der Waals surface area contributed by atoms with Gasteiger partial charge in [0.2, 0.25) is 5.91 Å². The summed E-state index contributed by atoms with van der Waals surface area (Å²) in [4.78, 5) is 38.6. The average Bonchev–Trinajstić information content (AvgIpc) is 2.89. The number of carboxylic acid groups (broad SMARTS) is 1. The van der Waals surface area contributed by atoms with Crippen LogP contribution in [0.25, 0.3) is 0 Å². The highest BCUT2D eigenvalue weighted by atomic mass is 35.5. The van der Waals surface area contributed by atoms with Crippen molar-refractivity contribution in [3.05, 3.63) is 94.5 Å². The predicted octanol–water partition coefficient (Wildman–Crippen LogP) is 2.80. The Hall–Kier alpha value is -4.08. The third kappa shape index (κ3) is 8.50. The predicted molar refractivity (Wildman–Crippen MR) is 144 cm³/mol. The van der Waals surface area contributed by atoms with E-state index in [1.54, 1.807) is 25.2 Å². The number of ether oxygens (including phenoxy) is 1. The summed E-state index contributed by atoms with van der Waals surface area (Å²) in [5.41, 5.74) is 1.58. The first-order valence-electron chi connectivity index (χ1n) is 12.0. The number of nitrogens with one attached hydrogen (secondary N) is 3. The van der Waals surface area contributed by atoms with Crippen molar-refractivity contribution in [3.8, 4) is 11.5 Å². The second-order valence-corrected chi connectivity index (χ2v) is 9.01. The third-order valence-electron chi connectivity index (χ3n) is 5.69. The van der Waals surface area contributed by atoms with E-state index in [0.717, 1.165) is 5.56 Å². The maximum absolute atomic E-state index is 13.3. The summed E-state index contributed by atoms with van der Waals surface area (Å²) in [7, 11) is 1.77. The Morgan fingerprint density at radius 1 is 0.895 bits per heavy atom. The summed E-state index contributed by atoms with van der Waals surface area (Å²) in [6, 6.07) is 17.4. The van der Waals surface area contributed by atoms with Crippen molar-refractivity contribution >= 4 is 29.4 Å². The van der Waals surface area contributed by atoms with Crippen molar-refractivity contribution in [1.29, 1.82) is 0 Å². The lowest BCUT2D eigenvalue weighted by molar-refractivity contribution is -0.142. The van der Waals surface area contributed by atoms with Gasteiger partial charge >= 0.3 is 5.97 Å². The van der Waals surface area contributed by atoms with Crippen LogP contribution in [-0.2, 0) is 22.4 Å². The number of hydrogen-bond donors (Lipinski definition) is 5. The molecule has 2 amide bonds. The second kappa shape index (κ2) is 14.0. The first kappa shape index (κ1) is 28.5. The van der Waals surface area contributed by atoms with Crippen molar-refractivity contribution in [3.63, 3.8) is 0 Å². The van der Waals surface area contributed by atoms with E-state index in [1.807, 2.05) is 30.3 Å². The summed E-state index contributed by atoms with van der Waals surface area (Å²) < 4.78 is 5.71. The van der Waals surface area contributed by atoms with Crippen molar-refractivity contribution < 1.29 is 29.3 Å². The van der Waals surface area contributed by atoms with Crippen LogP contribution in [-0.4, -0.2) is 60.3 Å². The number of phenols is 1. The van der Waals surface area contributed by atoms with Gasteiger partial charge < -0.3 is 30.9 Å². The Bertz CT molecular complexity index is 1240. The molecule has 0 saturated heterocycles. The normalized spacial score (nSPS) is 12.3. The van der Waals surface area contributed by atoms with E-state index >= 15 is 0 Å². The number of carbonyl (C=O) groups excluding carboxylic acids is 2. The number of rotatable bonds is 13. The zero-order valence-electron chi connectivity index (χ0n) is 20.8. The lowest BCUT2D eigenvalue weighted by Gasteiger charge is -2.22. The fourth-order valence-corrected chi connectivity index (χ4v) is 3.86. The molecule has 0 heterocycles. The minimum Gasteiger partial charge on any atom is -0.508 e. The quantitative estimate of drug-likeness (QED) is 0.211. The summed E-state index contributed by atoms with van der Waals surface area (Å²) >= 11 is 6.10. The minimum absolute atomic E-state index is 0.00596. The van der Waals surface area contributed by atoms with Gasteiger partial charge in [-0.1, -0.05) is 54.1 Å². The summed E-state index contributed by atoms with van der Waals surface area (Å²) in [6.45, 7) is 0.840. The molecule has 0 aromatic heterocycles. The largest absolute Gasteiger partial charge is 0.508 e. The van der Waals surface area contributed by atoms with Crippen LogP contribution < -0.4 is 20.7 Å². The molecule has 3 aromatic carbocycles. The number of halogens is 1. The molecule has 0 unspecified atom stereocenters. The molecule has 2 atom stereocenters. The van der Waals surface area contributed by atoms with E-state index in [4.69, 9.17) is 16.3 Å². The molecule has 5 N–H and O–H groups in total. The van der Waals surface area contributed by atoms with Crippen molar-refractivity contribution in [2.45, 2.75) is 24.9 Å². The van der Waals surface area contributed by atoms with Crippen molar-refractivity contribution in [2.75, 3.05) is 20.2 Å². The fraction of sp³-hybridized carbons (Fsp3) is 0.250. The smallest absolute Gasteiger partial charge is 0.326 e. The molecule has 0 bridgehead atoms. The molecule has 200 valence electrons. The number of benzene rings is 3. The molecule has 0 aliphatic rings. The van der Waals surface area contributed by atoms with Crippen LogP contribution in [0.5, 0.6) is 11.5 Å². The summed E-state index contributed by atoms with van der Waals surface area (Å²) in [6.07, 6.45) is 0.126. The number of hydrogen-bond acceptors (Lipinski definition) is 6. The molecule has 0 aliphatic carbocycles. The molecule has 0 saturated carbocycles. The SMILES string of the molecule is CNCCOc1cc(Cl)ccc1C(=O)N[C@@H](Cc1ccccc1)C(=O)N[C@@H](Cc1ccc(O)cc1)C(=O)O. The van der Waals surface area contributed by atoms with E-state index in [2.05, 4.69) is 16.0 Å². The van der Waals surface area contributed by atoms with Gasteiger partial charge in [0.15, 0.2) is 0 Å². The number of likely N-dealkylation sites (N-methyl/N-ethyl adjacent to an activating group) is 1. The molecule has 0 aliphatic heterocycles. The van der Waals surface area contributed by atoms with Gasteiger partial charge in [0, 0.05) is 24.4 Å². The van der Waals surface area contributed by atoms with Crippen LogP contribution >= 0.6 is 11.6 Å². The van der Waals surface area contributed by atoms with Gasteiger partial charge in [-0.3, -0.25) is 9.59 Å². The molecular weight excluding hydrogens is 510 g/mol. The second-order valence-electron chi connectivity index (χ2n) is 8.58. The van der Waals surface area contributed by atoms with E-state index < -0.39 is 29.9 Å². The molecule has 0 spiro atoms. The Morgan fingerprint density at radius 2 is 1.55 bits per heavy atom. The van der Waals surface area contributed by atoms with E-state index in [-0.39, 0.29) is 29.9 Å². The summed E-state index contributed by atoms with van der Waals surface area (Å²) in [5.74, 6) is -2.14. The lowest BCUT2D eigenvalue weighted by Crippen LogP contribution is -2.53. The highest BCUT2D eigenvalue weighted by Gasteiger charge is 2.28. The number of carbonyl (C=O) groups is 3. The Morgan fingerprint density at radius 3 is 2.21 bits per heavy atom. The Labute approximate surface area is 225 Å². The van der Waals surface area contributed by atoms with Crippen LogP contribution in [0.15, 0.2) is 72.8 Å². The van der Waals surface area contributed by atoms with Gasteiger partial charge in [-0.2, -0.15) is 0 Å². The zero-order chi connectivity index (χ0) is 27.5. The third-order valence-corrected chi connectivity index (χ3v) is 5.93. The highest BCUT2D eigenvalue weighted by molar-refractivity contribution is 6.30. The maximum atomic E-state index is 13.3. The molecule has 0 fully saturated rings. The van der Waals surface area contributed by atoms with E-state index in [9.17, 15) is 24.6 Å². The maximum Gasteiger partial charge on any atom is 0.326 e. The number of aliphatic carboxylic acids is 1. The minimum atomic E-state index is -1.25. The Balaban J connectivity index is 1.82. The van der Waals surface area contributed by atoms with E-state index in [1.165, 1.54) is 24.3 Å². The molecule has 38 heavy (non-hydrogen) atoms. The number of amides is 2. The highest BCUT2D eigenvalue weighted by Crippen LogP contribution is 2.24. The van der Waals surface area contributed by atoms with Gasteiger partial charge in [-0.15, -0.1) is 0 Å². The van der Waals surface area contributed by atoms with Gasteiger partial charge in [0.1, 0.15) is 30.2 Å². The van der Waals surface area contributed by atoms with Crippen LogP contribution in [0, 0.1) is 0 Å². The standard InChI is InChI=1S/C28H30ClN3O6/c1-30-13-14-38-25-17-20(29)9-12-22(25)26(34)31-23(15-18-5-3-2-4-6-18)27(35)32-24(28(36)37)16-19-7-10-21(33)11-8-19/h2-12,17,23-24,30,33H,13-16H2,1H3,(H,31,34)(H,32,35)(H,36,37)/t23-,24-/m0/s1. The molecule has 3 aromatic rings. The van der Waals surface area contributed by atoms with Gasteiger partial charge in [-0.25, -0.2) is 4.79 Å². The van der Waals surface area contributed by atoms with Gasteiger partial charge in [0.05, 0.1) is 5.56 Å². The van der Waals surface area contributed by atoms with Crippen LogP contribution in [0.1, 0.15) is 21.5 Å². The first-order valence-corrected chi connectivity index (χ1v) is 12.4. The van der Waals surface area contributed by atoms with Gasteiger partial charge in [0.25, 0.3) is 5.91 Å². The van der Waals surface area contributed by atoms with Crippen LogP contribution in [0.4, 0.5) is 0 Å². The zero-order valence-corrected chi connectivity index (χ0v) is 21.6. The number of phenolic OH excluding ortho intramolecular Hbond substituents is 1. The topological polar surface area (TPSA) is 137 Å². The van der Waals surface area contributed by atoms with Crippen molar-refractivity contribution in [2.24, 2.45) is 0 Å². The average molecular weight is 540 g/mol. The molecular formula is C28H30ClN3O6. The summed E-state index contributed by atoms with van der Waals surface area (Å²) in [5, 5.41) is 27.9.